The molecule has 0 fully saturated rings. The number of benzene rings is 2. The number of carbonyl (C=O) groups is 1. The Morgan fingerprint density at radius 2 is 1.85 bits per heavy atom. The van der Waals surface area contributed by atoms with Crippen LogP contribution < -0.4 is 11.1 Å². The summed E-state index contributed by atoms with van der Waals surface area (Å²) >= 11 is 11.8. The second-order valence-electron chi connectivity index (χ2n) is 4.37. The number of nitrogens with two attached hydrogens (primary N) is 1. The van der Waals surface area contributed by atoms with Crippen molar-refractivity contribution in [3.05, 3.63) is 57.6 Å². The van der Waals surface area contributed by atoms with Crippen molar-refractivity contribution in [3.8, 4) is 0 Å². The monoisotopic (exact) mass is 308 g/mol. The van der Waals surface area contributed by atoms with Crippen LogP contribution in [0.15, 0.2) is 36.4 Å². The molecule has 0 aromatic heterocycles. The van der Waals surface area contributed by atoms with Crippen molar-refractivity contribution >= 4 is 40.5 Å². The first-order valence-electron chi connectivity index (χ1n) is 6.16. The summed E-state index contributed by atoms with van der Waals surface area (Å²) in [5.41, 5.74) is 8.28. The van der Waals surface area contributed by atoms with Crippen molar-refractivity contribution in [3.63, 3.8) is 0 Å². The molecule has 0 aliphatic rings. The molecule has 3 nitrogen and oxygen atoms in total. The zero-order valence-electron chi connectivity index (χ0n) is 10.9. The Hall–Kier alpha value is -1.71. The van der Waals surface area contributed by atoms with E-state index < -0.39 is 0 Å². The second-order valence-corrected chi connectivity index (χ2v) is 5.15. The molecule has 2 rings (SSSR count). The van der Waals surface area contributed by atoms with Crippen LogP contribution in [0.25, 0.3) is 0 Å². The van der Waals surface area contributed by atoms with Crippen molar-refractivity contribution in [2.75, 3.05) is 11.1 Å². The summed E-state index contributed by atoms with van der Waals surface area (Å²) in [6, 6.07) is 10.7. The summed E-state index contributed by atoms with van der Waals surface area (Å²) in [5, 5.41) is 3.31. The molecule has 2 aromatic carbocycles. The van der Waals surface area contributed by atoms with Crippen LogP contribution in [0.5, 0.6) is 0 Å². The smallest absolute Gasteiger partial charge is 0.255 e. The van der Waals surface area contributed by atoms with Gasteiger partial charge in [0, 0.05) is 11.3 Å². The van der Waals surface area contributed by atoms with Gasteiger partial charge in [-0.1, -0.05) is 42.3 Å². The Morgan fingerprint density at radius 1 is 1.20 bits per heavy atom. The van der Waals surface area contributed by atoms with Gasteiger partial charge in [0.2, 0.25) is 0 Å². The van der Waals surface area contributed by atoms with E-state index in [0.717, 1.165) is 12.1 Å². The largest absolute Gasteiger partial charge is 0.397 e. The SMILES string of the molecule is CCc1ccc(NC(=O)c2cc(N)c(Cl)c(Cl)c2)cc1. The van der Waals surface area contributed by atoms with Crippen molar-refractivity contribution in [2.24, 2.45) is 0 Å². The molecule has 0 radical (unpaired) electrons. The Labute approximate surface area is 127 Å². The van der Waals surface area contributed by atoms with Crippen LogP contribution >= 0.6 is 23.2 Å². The summed E-state index contributed by atoms with van der Waals surface area (Å²) in [7, 11) is 0. The van der Waals surface area contributed by atoms with Gasteiger partial charge >= 0.3 is 0 Å². The van der Waals surface area contributed by atoms with E-state index in [0.29, 0.717) is 5.56 Å². The summed E-state index contributed by atoms with van der Waals surface area (Å²) in [6.45, 7) is 2.08. The van der Waals surface area contributed by atoms with Crippen LogP contribution in [-0.4, -0.2) is 5.91 Å². The first-order valence-corrected chi connectivity index (χ1v) is 6.91. The maximum absolute atomic E-state index is 12.1. The minimum absolute atomic E-state index is 0.260. The average molecular weight is 309 g/mol. The van der Waals surface area contributed by atoms with Crippen LogP contribution in [0.1, 0.15) is 22.8 Å². The van der Waals surface area contributed by atoms with E-state index in [1.54, 1.807) is 0 Å². The number of amides is 1. The standard InChI is InChI=1S/C15H14Cl2N2O/c1-2-9-3-5-11(6-4-9)19-15(20)10-7-12(16)14(17)13(18)8-10/h3-8H,2,18H2,1H3,(H,19,20). The number of aryl methyl sites for hydroxylation is 1. The normalized spacial score (nSPS) is 10.3. The number of nitrogen functional groups attached to an aromatic ring is 1. The van der Waals surface area contributed by atoms with Gasteiger partial charge in [0.25, 0.3) is 5.91 Å². The Balaban J connectivity index is 2.19. The van der Waals surface area contributed by atoms with Crippen molar-refractivity contribution < 1.29 is 4.79 Å². The molecule has 0 heterocycles. The molecule has 3 N–H and O–H groups in total. The van der Waals surface area contributed by atoms with Crippen LogP contribution in [0, 0.1) is 0 Å². The molecule has 20 heavy (non-hydrogen) atoms. The molecule has 0 atom stereocenters. The van der Waals surface area contributed by atoms with E-state index >= 15 is 0 Å². The molecule has 5 heteroatoms. The van der Waals surface area contributed by atoms with E-state index in [1.807, 2.05) is 24.3 Å². The number of carbonyl (C=O) groups excluding carboxylic acids is 1. The first kappa shape index (κ1) is 14.7. The van der Waals surface area contributed by atoms with E-state index in [1.165, 1.54) is 17.7 Å². The molecule has 0 unspecified atom stereocenters. The second kappa shape index (κ2) is 6.16. The highest BCUT2D eigenvalue weighted by atomic mass is 35.5. The lowest BCUT2D eigenvalue weighted by Crippen LogP contribution is -2.12. The zero-order chi connectivity index (χ0) is 14.7. The summed E-state index contributed by atoms with van der Waals surface area (Å²) in [4.78, 5) is 12.1. The molecule has 1 amide bonds. The quantitative estimate of drug-likeness (QED) is 0.826. The van der Waals surface area contributed by atoms with Gasteiger partial charge in [-0.2, -0.15) is 0 Å². The summed E-state index contributed by atoms with van der Waals surface area (Å²) in [6.07, 6.45) is 0.956. The summed E-state index contributed by atoms with van der Waals surface area (Å²) < 4.78 is 0. The van der Waals surface area contributed by atoms with Crippen LogP contribution in [-0.2, 0) is 6.42 Å². The van der Waals surface area contributed by atoms with Crippen molar-refractivity contribution in [2.45, 2.75) is 13.3 Å². The molecule has 0 spiro atoms. The van der Waals surface area contributed by atoms with E-state index in [4.69, 9.17) is 28.9 Å². The minimum Gasteiger partial charge on any atom is -0.397 e. The van der Waals surface area contributed by atoms with Gasteiger partial charge in [-0.05, 0) is 36.2 Å². The van der Waals surface area contributed by atoms with Gasteiger partial charge in [-0.15, -0.1) is 0 Å². The molecule has 0 saturated carbocycles. The minimum atomic E-state index is -0.278. The number of hydrogen-bond acceptors (Lipinski definition) is 2. The zero-order valence-corrected chi connectivity index (χ0v) is 12.4. The molecule has 0 aliphatic carbocycles. The lowest BCUT2D eigenvalue weighted by molar-refractivity contribution is 0.102. The number of nitrogens with one attached hydrogen (secondary N) is 1. The third-order valence-corrected chi connectivity index (χ3v) is 3.76. The molecule has 0 aliphatic heterocycles. The number of anilines is 2. The van der Waals surface area contributed by atoms with Crippen LogP contribution in [0.2, 0.25) is 10.0 Å². The molecule has 0 bridgehead atoms. The maximum Gasteiger partial charge on any atom is 0.255 e. The topological polar surface area (TPSA) is 55.1 Å². The van der Waals surface area contributed by atoms with E-state index in [-0.39, 0.29) is 21.6 Å². The Bertz CT molecular complexity index is 616. The predicted octanol–water partition coefficient (Wildman–Crippen LogP) is 4.39. The summed E-state index contributed by atoms with van der Waals surface area (Å²) in [5.74, 6) is -0.278. The lowest BCUT2D eigenvalue weighted by Gasteiger charge is -2.08. The number of halogens is 2. The molecule has 0 saturated heterocycles. The molecular formula is C15H14Cl2N2O. The lowest BCUT2D eigenvalue weighted by atomic mass is 10.1. The van der Waals surface area contributed by atoms with Gasteiger partial charge in [0.15, 0.2) is 0 Å². The highest BCUT2D eigenvalue weighted by Crippen LogP contribution is 2.29. The van der Waals surface area contributed by atoms with E-state index in [9.17, 15) is 4.79 Å². The fourth-order valence-electron chi connectivity index (χ4n) is 1.77. The van der Waals surface area contributed by atoms with E-state index in [2.05, 4.69) is 12.2 Å². The third kappa shape index (κ3) is 3.24. The fraction of sp³-hybridized carbons (Fsp3) is 0.133. The first-order chi connectivity index (χ1) is 9.51. The third-order valence-electron chi connectivity index (χ3n) is 2.94. The fourth-order valence-corrected chi connectivity index (χ4v) is 2.10. The maximum atomic E-state index is 12.1. The van der Waals surface area contributed by atoms with Gasteiger partial charge in [0.05, 0.1) is 15.7 Å². The molecular weight excluding hydrogens is 295 g/mol. The average Bonchev–Trinajstić information content (AvgIpc) is 2.45. The molecule has 104 valence electrons. The number of rotatable bonds is 3. The highest BCUT2D eigenvalue weighted by molar-refractivity contribution is 6.44. The Kier molecular flexibility index (Phi) is 4.53. The predicted molar refractivity (Wildman–Crippen MR) is 84.6 cm³/mol. The molecule has 2 aromatic rings. The number of hydrogen-bond donors (Lipinski definition) is 2. The van der Waals surface area contributed by atoms with Gasteiger partial charge in [0.1, 0.15) is 0 Å². The van der Waals surface area contributed by atoms with Crippen LogP contribution in [0.3, 0.4) is 0 Å². The van der Waals surface area contributed by atoms with Gasteiger partial charge < -0.3 is 11.1 Å². The van der Waals surface area contributed by atoms with Crippen LogP contribution in [0.4, 0.5) is 11.4 Å². The van der Waals surface area contributed by atoms with Crippen molar-refractivity contribution in [1.29, 1.82) is 0 Å². The van der Waals surface area contributed by atoms with Crippen molar-refractivity contribution in [1.82, 2.24) is 0 Å². The van der Waals surface area contributed by atoms with Gasteiger partial charge in [-0.3, -0.25) is 4.79 Å². The highest BCUT2D eigenvalue weighted by Gasteiger charge is 2.11. The Morgan fingerprint density at radius 3 is 2.40 bits per heavy atom. The van der Waals surface area contributed by atoms with Gasteiger partial charge in [-0.25, -0.2) is 0 Å².